The summed E-state index contributed by atoms with van der Waals surface area (Å²) in [4.78, 5) is 13.3. The van der Waals surface area contributed by atoms with Crippen molar-refractivity contribution in [2.75, 3.05) is 26.8 Å². The number of methoxy groups -OCH3 is 1. The van der Waals surface area contributed by atoms with E-state index in [1.807, 2.05) is 31.2 Å². The number of urea groups is 1. The highest BCUT2D eigenvalue weighted by atomic mass is 16.5. The van der Waals surface area contributed by atoms with Crippen LogP contribution in [0.1, 0.15) is 12.5 Å². The number of rotatable bonds is 6. The monoisotopic (exact) mass is 252 g/mol. The Kier molecular flexibility index (Phi) is 6.00. The zero-order valence-electron chi connectivity index (χ0n) is 10.8. The maximum Gasteiger partial charge on any atom is 0.317 e. The normalized spacial score (nSPS) is 9.94. The molecule has 0 aromatic heterocycles. The molecule has 0 aliphatic heterocycles. The standard InChI is InChI=1S/C13H20N2O3/c1-3-15(8-9-16)13(17)14-10-11-4-6-12(18-2)7-5-11/h4-7,16H,3,8-10H2,1-2H3,(H,14,17). The first kappa shape index (κ1) is 14.3. The summed E-state index contributed by atoms with van der Waals surface area (Å²) in [6.45, 7) is 3.25. The Morgan fingerprint density at radius 2 is 2.06 bits per heavy atom. The van der Waals surface area contributed by atoms with Crippen LogP contribution in [0.5, 0.6) is 5.75 Å². The van der Waals surface area contributed by atoms with E-state index < -0.39 is 0 Å². The molecule has 0 saturated carbocycles. The van der Waals surface area contributed by atoms with Gasteiger partial charge >= 0.3 is 6.03 Å². The number of nitrogens with one attached hydrogen (secondary N) is 1. The molecule has 18 heavy (non-hydrogen) atoms. The number of nitrogens with zero attached hydrogens (tertiary/aromatic N) is 1. The molecule has 2 N–H and O–H groups in total. The predicted molar refractivity (Wildman–Crippen MR) is 69.6 cm³/mol. The fraction of sp³-hybridized carbons (Fsp3) is 0.462. The first-order valence-corrected chi connectivity index (χ1v) is 5.97. The van der Waals surface area contributed by atoms with E-state index in [0.29, 0.717) is 19.6 Å². The number of aliphatic hydroxyl groups is 1. The lowest BCUT2D eigenvalue weighted by molar-refractivity contribution is 0.180. The Morgan fingerprint density at radius 1 is 1.39 bits per heavy atom. The van der Waals surface area contributed by atoms with Crippen molar-refractivity contribution in [1.29, 1.82) is 0 Å². The fourth-order valence-corrected chi connectivity index (χ4v) is 1.56. The smallest absolute Gasteiger partial charge is 0.317 e. The molecule has 0 heterocycles. The lowest BCUT2D eigenvalue weighted by Gasteiger charge is -2.20. The van der Waals surface area contributed by atoms with Gasteiger partial charge in [-0.2, -0.15) is 0 Å². The first-order valence-electron chi connectivity index (χ1n) is 5.97. The number of benzene rings is 1. The van der Waals surface area contributed by atoms with Crippen LogP contribution in [0.2, 0.25) is 0 Å². The fourth-order valence-electron chi connectivity index (χ4n) is 1.56. The van der Waals surface area contributed by atoms with Crippen molar-refractivity contribution in [2.45, 2.75) is 13.5 Å². The van der Waals surface area contributed by atoms with Crippen LogP contribution >= 0.6 is 0 Å². The van der Waals surface area contributed by atoms with Gasteiger partial charge in [0.2, 0.25) is 0 Å². The van der Waals surface area contributed by atoms with Gasteiger partial charge in [0.05, 0.1) is 13.7 Å². The number of ether oxygens (including phenoxy) is 1. The highest BCUT2D eigenvalue weighted by molar-refractivity contribution is 5.74. The van der Waals surface area contributed by atoms with E-state index in [-0.39, 0.29) is 12.6 Å². The molecule has 0 atom stereocenters. The largest absolute Gasteiger partial charge is 0.497 e. The SMILES string of the molecule is CCN(CCO)C(=O)NCc1ccc(OC)cc1. The number of carbonyl (C=O) groups is 1. The third-order valence-electron chi connectivity index (χ3n) is 2.64. The molecule has 100 valence electrons. The summed E-state index contributed by atoms with van der Waals surface area (Å²) in [5.41, 5.74) is 1.00. The van der Waals surface area contributed by atoms with E-state index in [0.717, 1.165) is 11.3 Å². The molecular weight excluding hydrogens is 232 g/mol. The number of hydrogen-bond acceptors (Lipinski definition) is 3. The molecule has 0 fully saturated rings. The minimum Gasteiger partial charge on any atom is -0.497 e. The van der Waals surface area contributed by atoms with E-state index in [9.17, 15) is 4.79 Å². The minimum atomic E-state index is -0.164. The molecule has 5 nitrogen and oxygen atoms in total. The zero-order chi connectivity index (χ0) is 13.4. The van der Waals surface area contributed by atoms with Crippen LogP contribution in [-0.4, -0.2) is 42.8 Å². The Hall–Kier alpha value is -1.75. The van der Waals surface area contributed by atoms with E-state index in [2.05, 4.69) is 5.32 Å². The van der Waals surface area contributed by atoms with Gasteiger partial charge in [-0.15, -0.1) is 0 Å². The summed E-state index contributed by atoms with van der Waals surface area (Å²) in [6.07, 6.45) is 0. The maximum absolute atomic E-state index is 11.7. The molecule has 0 saturated heterocycles. The van der Waals surface area contributed by atoms with Crippen molar-refractivity contribution in [1.82, 2.24) is 10.2 Å². The minimum absolute atomic E-state index is 0.0240. The highest BCUT2D eigenvalue weighted by Gasteiger charge is 2.09. The average Bonchev–Trinajstić information content (AvgIpc) is 2.42. The topological polar surface area (TPSA) is 61.8 Å². The van der Waals surface area contributed by atoms with Gasteiger partial charge in [0.25, 0.3) is 0 Å². The summed E-state index contributed by atoms with van der Waals surface area (Å²) in [5.74, 6) is 0.792. The van der Waals surface area contributed by atoms with E-state index in [1.54, 1.807) is 12.0 Å². The Labute approximate surface area is 107 Å². The Morgan fingerprint density at radius 3 is 2.56 bits per heavy atom. The summed E-state index contributed by atoms with van der Waals surface area (Å²) in [7, 11) is 1.62. The number of aliphatic hydroxyl groups excluding tert-OH is 1. The molecule has 1 aromatic rings. The maximum atomic E-state index is 11.7. The van der Waals surface area contributed by atoms with Gasteiger partial charge in [0.1, 0.15) is 5.75 Å². The van der Waals surface area contributed by atoms with Crippen molar-refractivity contribution < 1.29 is 14.6 Å². The molecule has 1 rings (SSSR count). The van der Waals surface area contributed by atoms with Crippen molar-refractivity contribution in [3.63, 3.8) is 0 Å². The molecule has 0 spiro atoms. The molecule has 1 aromatic carbocycles. The zero-order valence-corrected chi connectivity index (χ0v) is 10.8. The van der Waals surface area contributed by atoms with Gasteiger partial charge in [-0.3, -0.25) is 0 Å². The van der Waals surface area contributed by atoms with Crippen LogP contribution in [0.3, 0.4) is 0 Å². The van der Waals surface area contributed by atoms with Crippen molar-refractivity contribution in [2.24, 2.45) is 0 Å². The Balaban J connectivity index is 2.45. The second kappa shape index (κ2) is 7.55. The van der Waals surface area contributed by atoms with Crippen molar-refractivity contribution in [3.05, 3.63) is 29.8 Å². The van der Waals surface area contributed by atoms with Crippen LogP contribution in [0.25, 0.3) is 0 Å². The molecule has 0 aliphatic rings. The van der Waals surface area contributed by atoms with E-state index in [1.165, 1.54) is 0 Å². The number of carbonyl (C=O) groups excluding carboxylic acids is 1. The molecular formula is C13H20N2O3. The number of likely N-dealkylation sites (N-methyl/N-ethyl adjacent to an activating group) is 1. The quantitative estimate of drug-likeness (QED) is 0.800. The van der Waals surface area contributed by atoms with E-state index in [4.69, 9.17) is 9.84 Å². The second-order valence-electron chi connectivity index (χ2n) is 3.81. The van der Waals surface area contributed by atoms with Gasteiger partial charge in [0, 0.05) is 19.6 Å². The third kappa shape index (κ3) is 4.25. The number of amides is 2. The van der Waals surface area contributed by atoms with Crippen LogP contribution in [0.15, 0.2) is 24.3 Å². The van der Waals surface area contributed by atoms with Gasteiger partial charge in [-0.25, -0.2) is 4.79 Å². The summed E-state index contributed by atoms with van der Waals surface area (Å²) < 4.78 is 5.06. The molecule has 2 amide bonds. The molecule has 0 radical (unpaired) electrons. The lowest BCUT2D eigenvalue weighted by Crippen LogP contribution is -2.40. The predicted octanol–water partition coefficient (Wildman–Crippen LogP) is 1.22. The molecule has 0 unspecified atom stereocenters. The van der Waals surface area contributed by atoms with Crippen molar-refractivity contribution in [3.8, 4) is 5.75 Å². The molecule has 5 heteroatoms. The second-order valence-corrected chi connectivity index (χ2v) is 3.81. The van der Waals surface area contributed by atoms with Crippen LogP contribution in [0, 0.1) is 0 Å². The average molecular weight is 252 g/mol. The van der Waals surface area contributed by atoms with Gasteiger partial charge < -0.3 is 20.1 Å². The lowest BCUT2D eigenvalue weighted by atomic mass is 10.2. The summed E-state index contributed by atoms with van der Waals surface area (Å²) in [5, 5.41) is 11.6. The van der Waals surface area contributed by atoms with E-state index >= 15 is 0 Å². The van der Waals surface area contributed by atoms with Crippen LogP contribution in [0.4, 0.5) is 4.79 Å². The van der Waals surface area contributed by atoms with Gasteiger partial charge in [-0.1, -0.05) is 12.1 Å². The third-order valence-corrected chi connectivity index (χ3v) is 2.64. The van der Waals surface area contributed by atoms with Crippen LogP contribution < -0.4 is 10.1 Å². The van der Waals surface area contributed by atoms with Crippen LogP contribution in [-0.2, 0) is 6.54 Å². The molecule has 0 aliphatic carbocycles. The summed E-state index contributed by atoms with van der Waals surface area (Å²) >= 11 is 0. The van der Waals surface area contributed by atoms with Crippen molar-refractivity contribution >= 4 is 6.03 Å². The van der Waals surface area contributed by atoms with Gasteiger partial charge in [-0.05, 0) is 24.6 Å². The Bertz CT molecular complexity index is 365. The first-order chi connectivity index (χ1) is 8.71. The van der Waals surface area contributed by atoms with Gasteiger partial charge in [0.15, 0.2) is 0 Å². The molecule has 0 bridgehead atoms. The number of hydrogen-bond donors (Lipinski definition) is 2. The highest BCUT2D eigenvalue weighted by Crippen LogP contribution is 2.10. The summed E-state index contributed by atoms with van der Waals surface area (Å²) in [6, 6.07) is 7.35.